The monoisotopic (exact) mass is 253 g/mol. The molecular formula is C14H21FNP. The second-order valence-electron chi connectivity index (χ2n) is 5.12. The average molecular weight is 253 g/mol. The first kappa shape index (κ1) is 13.0. The number of halogens is 1. The maximum absolute atomic E-state index is 13.0. The molecule has 1 unspecified atom stereocenters. The predicted molar refractivity (Wildman–Crippen MR) is 74.3 cm³/mol. The zero-order valence-electron chi connectivity index (χ0n) is 10.5. The van der Waals surface area contributed by atoms with E-state index in [2.05, 4.69) is 21.1 Å². The fraction of sp³-hybridized carbons (Fsp3) is 0.571. The topological polar surface area (TPSA) is 3.24 Å². The third-order valence-electron chi connectivity index (χ3n) is 3.68. The van der Waals surface area contributed by atoms with Crippen LogP contribution in [0.2, 0.25) is 0 Å². The van der Waals surface area contributed by atoms with Crippen molar-refractivity contribution in [2.24, 2.45) is 5.92 Å². The van der Waals surface area contributed by atoms with Crippen LogP contribution in [0.4, 0.5) is 4.39 Å². The molecule has 1 nitrogen and oxygen atoms in total. The second-order valence-corrected chi connectivity index (χ2v) is 5.74. The third kappa shape index (κ3) is 3.76. The van der Waals surface area contributed by atoms with Gasteiger partial charge < -0.3 is 4.90 Å². The molecule has 1 fully saturated rings. The molecule has 3 heteroatoms. The fourth-order valence-electron chi connectivity index (χ4n) is 2.36. The number of rotatable bonds is 3. The molecule has 1 aromatic carbocycles. The van der Waals surface area contributed by atoms with Gasteiger partial charge in [0.05, 0.1) is 0 Å². The van der Waals surface area contributed by atoms with Crippen molar-refractivity contribution in [1.29, 1.82) is 0 Å². The molecule has 1 saturated heterocycles. The number of benzene rings is 1. The summed E-state index contributed by atoms with van der Waals surface area (Å²) in [4.78, 5) is 2.52. The predicted octanol–water partition coefficient (Wildman–Crippen LogP) is 2.60. The van der Waals surface area contributed by atoms with Crippen molar-refractivity contribution in [2.45, 2.75) is 26.2 Å². The van der Waals surface area contributed by atoms with Crippen LogP contribution in [0.25, 0.3) is 0 Å². The van der Waals surface area contributed by atoms with Gasteiger partial charge in [0.1, 0.15) is 5.82 Å². The van der Waals surface area contributed by atoms with Crippen molar-refractivity contribution in [3.63, 3.8) is 0 Å². The molecule has 1 heterocycles. The van der Waals surface area contributed by atoms with Crippen molar-refractivity contribution in [3.8, 4) is 0 Å². The normalized spacial score (nSPS) is 18.5. The molecular weight excluding hydrogens is 232 g/mol. The Morgan fingerprint density at radius 3 is 2.71 bits per heavy atom. The molecule has 0 saturated carbocycles. The molecule has 0 aliphatic carbocycles. The highest BCUT2D eigenvalue weighted by Gasteiger charge is 2.15. The maximum Gasteiger partial charge on any atom is 0.123 e. The largest absolute Gasteiger partial charge is 0.303 e. The summed E-state index contributed by atoms with van der Waals surface area (Å²) in [5.41, 5.74) is 1.25. The van der Waals surface area contributed by atoms with Crippen molar-refractivity contribution in [3.05, 3.63) is 29.6 Å². The van der Waals surface area contributed by atoms with Gasteiger partial charge in [-0.3, -0.25) is 0 Å². The zero-order chi connectivity index (χ0) is 12.3. The number of hydrogen-bond acceptors (Lipinski definition) is 1. The molecule has 0 bridgehead atoms. The van der Waals surface area contributed by atoms with E-state index in [1.165, 1.54) is 31.5 Å². The van der Waals surface area contributed by atoms with Crippen LogP contribution in [0.5, 0.6) is 0 Å². The number of hydrogen-bond donors (Lipinski definition) is 0. The Morgan fingerprint density at radius 2 is 2.06 bits per heavy atom. The quantitative estimate of drug-likeness (QED) is 0.748. The van der Waals surface area contributed by atoms with Crippen LogP contribution < -0.4 is 5.30 Å². The minimum absolute atomic E-state index is 0.148. The lowest BCUT2D eigenvalue weighted by molar-refractivity contribution is 0.194. The number of nitrogens with zero attached hydrogens (tertiary/aromatic N) is 1. The summed E-state index contributed by atoms with van der Waals surface area (Å²) in [5.74, 6) is 0.736. The smallest absolute Gasteiger partial charge is 0.123 e. The lowest BCUT2D eigenvalue weighted by Crippen LogP contribution is -2.34. The SMILES string of the molecule is CC1CCN(CCc2ccc(F)cc2P)CC1. The van der Waals surface area contributed by atoms with E-state index < -0.39 is 0 Å². The highest BCUT2D eigenvalue weighted by atomic mass is 31.0. The molecule has 1 aromatic rings. The Labute approximate surface area is 106 Å². The molecule has 1 aliphatic rings. The molecule has 0 radical (unpaired) electrons. The molecule has 0 amide bonds. The highest BCUT2D eigenvalue weighted by molar-refractivity contribution is 7.27. The van der Waals surface area contributed by atoms with Crippen LogP contribution in [0.15, 0.2) is 18.2 Å². The Bertz CT molecular complexity index is 372. The molecule has 0 N–H and O–H groups in total. The van der Waals surface area contributed by atoms with Crippen LogP contribution in [-0.4, -0.2) is 24.5 Å². The van der Waals surface area contributed by atoms with Crippen LogP contribution in [0.1, 0.15) is 25.3 Å². The summed E-state index contributed by atoms with van der Waals surface area (Å²) in [7, 11) is 2.63. The van der Waals surface area contributed by atoms with E-state index >= 15 is 0 Å². The third-order valence-corrected chi connectivity index (χ3v) is 4.22. The van der Waals surface area contributed by atoms with Gasteiger partial charge in [0.25, 0.3) is 0 Å². The molecule has 2 rings (SSSR count). The van der Waals surface area contributed by atoms with Crippen LogP contribution >= 0.6 is 9.24 Å². The Balaban J connectivity index is 1.85. The van der Waals surface area contributed by atoms with Gasteiger partial charge in [0.2, 0.25) is 0 Å². The van der Waals surface area contributed by atoms with Gasteiger partial charge in [-0.1, -0.05) is 13.0 Å². The minimum Gasteiger partial charge on any atom is -0.303 e. The van der Waals surface area contributed by atoms with Crippen molar-refractivity contribution in [1.82, 2.24) is 4.90 Å². The van der Waals surface area contributed by atoms with E-state index in [9.17, 15) is 4.39 Å². The van der Waals surface area contributed by atoms with Gasteiger partial charge in [0.15, 0.2) is 0 Å². The van der Waals surface area contributed by atoms with E-state index in [4.69, 9.17) is 0 Å². The summed E-state index contributed by atoms with van der Waals surface area (Å²) in [6.45, 7) is 5.86. The summed E-state index contributed by atoms with van der Waals surface area (Å²) in [6, 6.07) is 5.06. The highest BCUT2D eigenvalue weighted by Crippen LogP contribution is 2.16. The lowest BCUT2D eigenvalue weighted by Gasteiger charge is -2.30. The van der Waals surface area contributed by atoms with E-state index in [0.717, 1.165) is 24.2 Å². The Hall–Kier alpha value is -0.460. The summed E-state index contributed by atoms with van der Waals surface area (Å²) < 4.78 is 13.0. The van der Waals surface area contributed by atoms with Gasteiger partial charge in [-0.05, 0) is 61.3 Å². The lowest BCUT2D eigenvalue weighted by atomic mass is 9.99. The standard InChI is InChI=1S/C14H21FNP/c1-11-4-7-16(8-5-11)9-6-12-2-3-13(15)10-14(12)17/h2-3,10-11H,4-9,17H2,1H3. The number of piperidine rings is 1. The van der Waals surface area contributed by atoms with Crippen LogP contribution in [-0.2, 0) is 6.42 Å². The molecule has 1 atom stereocenters. The zero-order valence-corrected chi connectivity index (χ0v) is 11.6. The number of likely N-dealkylation sites (tertiary alicyclic amines) is 1. The molecule has 0 spiro atoms. The molecule has 17 heavy (non-hydrogen) atoms. The molecule has 94 valence electrons. The first-order chi connectivity index (χ1) is 8.15. The second kappa shape index (κ2) is 5.93. The van der Waals surface area contributed by atoms with Gasteiger partial charge in [-0.15, -0.1) is 9.24 Å². The van der Waals surface area contributed by atoms with E-state index in [1.807, 2.05) is 6.07 Å². The van der Waals surface area contributed by atoms with Crippen LogP contribution in [0, 0.1) is 11.7 Å². The van der Waals surface area contributed by atoms with Gasteiger partial charge in [-0.25, -0.2) is 4.39 Å². The molecule has 0 aromatic heterocycles. The van der Waals surface area contributed by atoms with Crippen molar-refractivity contribution in [2.75, 3.05) is 19.6 Å². The Kier molecular flexibility index (Phi) is 4.53. The molecule has 1 aliphatic heterocycles. The summed E-state index contributed by atoms with van der Waals surface area (Å²) in [6.07, 6.45) is 3.65. The van der Waals surface area contributed by atoms with Gasteiger partial charge >= 0.3 is 0 Å². The summed E-state index contributed by atoms with van der Waals surface area (Å²) >= 11 is 0. The van der Waals surface area contributed by atoms with E-state index in [0.29, 0.717) is 0 Å². The van der Waals surface area contributed by atoms with Crippen molar-refractivity contribution >= 4 is 14.5 Å². The average Bonchev–Trinajstić information content (AvgIpc) is 2.30. The maximum atomic E-state index is 13.0. The van der Waals surface area contributed by atoms with E-state index in [-0.39, 0.29) is 5.82 Å². The minimum atomic E-state index is -0.148. The van der Waals surface area contributed by atoms with Crippen molar-refractivity contribution < 1.29 is 4.39 Å². The Morgan fingerprint density at radius 1 is 1.35 bits per heavy atom. The van der Waals surface area contributed by atoms with Crippen LogP contribution in [0.3, 0.4) is 0 Å². The van der Waals surface area contributed by atoms with E-state index in [1.54, 1.807) is 12.1 Å². The van der Waals surface area contributed by atoms with Gasteiger partial charge in [-0.2, -0.15) is 0 Å². The van der Waals surface area contributed by atoms with Gasteiger partial charge in [0, 0.05) is 6.54 Å². The fourth-order valence-corrected chi connectivity index (χ4v) is 2.76. The summed E-state index contributed by atoms with van der Waals surface area (Å²) in [5, 5.41) is 0.996. The first-order valence-electron chi connectivity index (χ1n) is 6.41. The first-order valence-corrected chi connectivity index (χ1v) is 6.99.